The van der Waals surface area contributed by atoms with E-state index in [1.807, 2.05) is 58.0 Å². The molecular formula is C35H43NO4. The van der Waals surface area contributed by atoms with Gasteiger partial charge in [-0.2, -0.15) is 0 Å². The van der Waals surface area contributed by atoms with E-state index in [0.717, 1.165) is 40.0 Å². The van der Waals surface area contributed by atoms with Crippen molar-refractivity contribution >= 4 is 29.5 Å². The Kier molecular flexibility index (Phi) is 9.97. The number of carbonyl (C=O) groups is 2. The maximum atomic E-state index is 12.4. The lowest BCUT2D eigenvalue weighted by Gasteiger charge is -2.19. The molecule has 3 aromatic carbocycles. The standard InChI is InChI=1S/C22H25NO2.C13H18O2/c1-13(2)17-10-15(11-18(14(3)4)21(17)25-5)12-19-16-8-6-7-9-20(16)23-22(19)24;1-8(2)11-5-10(7-14)6-12(9(3)4)13(11)15/h6-14H,1-5H3,(H,23,24);5-9,15H,1-4H3. The van der Waals surface area contributed by atoms with Gasteiger partial charge in [-0.3, -0.25) is 9.59 Å². The molecule has 212 valence electrons. The van der Waals surface area contributed by atoms with E-state index in [-0.39, 0.29) is 17.7 Å². The molecule has 5 nitrogen and oxygen atoms in total. The van der Waals surface area contributed by atoms with Crippen LogP contribution < -0.4 is 10.1 Å². The normalized spacial score (nSPS) is 13.5. The third kappa shape index (κ3) is 6.64. The number of phenols is 1. The first kappa shape index (κ1) is 30.7. The topological polar surface area (TPSA) is 75.6 Å². The molecule has 0 unspecified atom stereocenters. The molecule has 1 aliphatic heterocycles. The zero-order chi connectivity index (χ0) is 29.7. The van der Waals surface area contributed by atoms with E-state index < -0.39 is 0 Å². The van der Waals surface area contributed by atoms with Gasteiger partial charge in [0, 0.05) is 22.4 Å². The van der Waals surface area contributed by atoms with Crippen LogP contribution in [-0.2, 0) is 4.79 Å². The number of rotatable bonds is 7. The number of para-hydroxylation sites is 1. The number of methoxy groups -OCH3 is 1. The van der Waals surface area contributed by atoms with Crippen molar-refractivity contribution in [2.45, 2.75) is 79.1 Å². The summed E-state index contributed by atoms with van der Waals surface area (Å²) in [5.41, 5.74) is 8.27. The summed E-state index contributed by atoms with van der Waals surface area (Å²) in [4.78, 5) is 23.2. The van der Waals surface area contributed by atoms with Gasteiger partial charge >= 0.3 is 0 Å². The highest BCUT2D eigenvalue weighted by Crippen LogP contribution is 2.38. The molecule has 0 atom stereocenters. The van der Waals surface area contributed by atoms with Crippen LogP contribution in [0.15, 0.2) is 48.5 Å². The average molecular weight is 542 g/mol. The summed E-state index contributed by atoms with van der Waals surface area (Å²) in [6.07, 6.45) is 2.82. The molecule has 0 spiro atoms. The predicted octanol–water partition coefficient (Wildman–Crippen LogP) is 8.89. The monoisotopic (exact) mass is 541 g/mol. The molecule has 40 heavy (non-hydrogen) atoms. The summed E-state index contributed by atoms with van der Waals surface area (Å²) in [6, 6.07) is 15.6. The lowest BCUT2D eigenvalue weighted by atomic mass is 9.90. The van der Waals surface area contributed by atoms with Crippen molar-refractivity contribution in [1.82, 2.24) is 0 Å². The van der Waals surface area contributed by atoms with Gasteiger partial charge in [0.25, 0.3) is 5.91 Å². The van der Waals surface area contributed by atoms with Crippen molar-refractivity contribution in [3.8, 4) is 11.5 Å². The van der Waals surface area contributed by atoms with Crippen LogP contribution in [0, 0.1) is 0 Å². The number of aldehydes is 1. The van der Waals surface area contributed by atoms with Crippen LogP contribution in [0.3, 0.4) is 0 Å². The van der Waals surface area contributed by atoms with Gasteiger partial charge in [0.15, 0.2) is 0 Å². The number of aromatic hydroxyl groups is 1. The third-order valence-corrected chi connectivity index (χ3v) is 7.21. The van der Waals surface area contributed by atoms with Crippen LogP contribution in [0.5, 0.6) is 11.5 Å². The first-order chi connectivity index (χ1) is 18.9. The number of nitrogens with one attached hydrogen (secondary N) is 1. The van der Waals surface area contributed by atoms with Crippen LogP contribution in [0.25, 0.3) is 11.6 Å². The highest BCUT2D eigenvalue weighted by molar-refractivity contribution is 6.34. The fourth-order valence-electron chi connectivity index (χ4n) is 4.98. The number of hydrogen-bond donors (Lipinski definition) is 2. The zero-order valence-electron chi connectivity index (χ0n) is 25.3. The molecule has 1 heterocycles. The summed E-state index contributed by atoms with van der Waals surface area (Å²) in [5.74, 6) is 2.39. The Hall–Kier alpha value is -3.86. The van der Waals surface area contributed by atoms with Gasteiger partial charge in [-0.25, -0.2) is 0 Å². The Bertz CT molecular complexity index is 1350. The molecular weight excluding hydrogens is 498 g/mol. The summed E-state index contributed by atoms with van der Waals surface area (Å²) < 4.78 is 5.70. The maximum absolute atomic E-state index is 12.4. The van der Waals surface area contributed by atoms with Crippen molar-refractivity contribution in [3.05, 3.63) is 87.5 Å². The second-order valence-corrected chi connectivity index (χ2v) is 11.6. The molecule has 0 saturated carbocycles. The number of hydrogen-bond acceptors (Lipinski definition) is 4. The number of amides is 1. The molecule has 0 saturated heterocycles. The Morgan fingerprint density at radius 2 is 1.23 bits per heavy atom. The minimum Gasteiger partial charge on any atom is -0.507 e. The summed E-state index contributed by atoms with van der Waals surface area (Å²) >= 11 is 0. The molecule has 4 rings (SSSR count). The molecule has 3 aromatic rings. The number of ether oxygens (including phenoxy) is 1. The SMILES string of the molecule is CC(C)c1cc(C=O)cc(C(C)C)c1O.COc1c(C(C)C)cc(C=C2C(=O)Nc3ccccc32)cc1C(C)C. The number of anilines is 1. The van der Waals surface area contributed by atoms with E-state index in [4.69, 9.17) is 4.74 Å². The van der Waals surface area contributed by atoms with Crippen LogP contribution >= 0.6 is 0 Å². The Balaban J connectivity index is 0.000000252. The Morgan fingerprint density at radius 3 is 1.68 bits per heavy atom. The number of carbonyl (C=O) groups excluding carboxylic acids is 2. The lowest BCUT2D eigenvalue weighted by molar-refractivity contribution is -0.110. The first-order valence-electron chi connectivity index (χ1n) is 14.1. The zero-order valence-corrected chi connectivity index (χ0v) is 25.3. The molecule has 2 N–H and O–H groups in total. The first-order valence-corrected chi connectivity index (χ1v) is 14.1. The van der Waals surface area contributed by atoms with E-state index in [9.17, 15) is 14.7 Å². The van der Waals surface area contributed by atoms with Gasteiger partial charge in [-0.15, -0.1) is 0 Å². The van der Waals surface area contributed by atoms with Crippen molar-refractivity contribution in [3.63, 3.8) is 0 Å². The van der Waals surface area contributed by atoms with Gasteiger partial charge in [0.2, 0.25) is 0 Å². The van der Waals surface area contributed by atoms with E-state index >= 15 is 0 Å². The van der Waals surface area contributed by atoms with Crippen LogP contribution in [0.4, 0.5) is 5.69 Å². The van der Waals surface area contributed by atoms with Crippen molar-refractivity contribution in [1.29, 1.82) is 0 Å². The molecule has 0 aromatic heterocycles. The minimum absolute atomic E-state index is 0.0470. The largest absolute Gasteiger partial charge is 0.507 e. The predicted molar refractivity (Wildman–Crippen MR) is 166 cm³/mol. The smallest absolute Gasteiger partial charge is 0.256 e. The highest BCUT2D eigenvalue weighted by atomic mass is 16.5. The molecule has 1 aliphatic rings. The number of phenolic OH excluding ortho intramolecular Hbond substituents is 1. The van der Waals surface area contributed by atoms with Gasteiger partial charge in [-0.1, -0.05) is 73.6 Å². The van der Waals surface area contributed by atoms with Crippen molar-refractivity contribution in [2.75, 3.05) is 12.4 Å². The van der Waals surface area contributed by atoms with Gasteiger partial charge in [0.1, 0.15) is 17.8 Å². The molecule has 0 fully saturated rings. The lowest BCUT2D eigenvalue weighted by Crippen LogP contribution is -2.04. The summed E-state index contributed by atoms with van der Waals surface area (Å²) in [6.45, 7) is 16.7. The fourth-order valence-corrected chi connectivity index (χ4v) is 4.98. The quantitative estimate of drug-likeness (QED) is 0.231. The minimum atomic E-state index is -0.0470. The number of benzene rings is 3. The van der Waals surface area contributed by atoms with E-state index in [1.54, 1.807) is 19.2 Å². The molecule has 0 aliphatic carbocycles. The van der Waals surface area contributed by atoms with E-state index in [2.05, 4.69) is 45.1 Å². The van der Waals surface area contributed by atoms with Crippen molar-refractivity contribution in [2.24, 2.45) is 0 Å². The number of fused-ring (bicyclic) bond motifs is 1. The van der Waals surface area contributed by atoms with E-state index in [0.29, 0.717) is 28.7 Å². The Labute approximate surface area is 239 Å². The molecule has 0 radical (unpaired) electrons. The van der Waals surface area contributed by atoms with Gasteiger partial charge in [0.05, 0.1) is 7.11 Å². The molecule has 0 bridgehead atoms. The Morgan fingerprint density at radius 1 is 0.750 bits per heavy atom. The third-order valence-electron chi connectivity index (χ3n) is 7.21. The summed E-state index contributed by atoms with van der Waals surface area (Å²) in [5, 5.41) is 13.0. The van der Waals surface area contributed by atoms with Crippen molar-refractivity contribution < 1.29 is 19.4 Å². The second-order valence-electron chi connectivity index (χ2n) is 11.6. The van der Waals surface area contributed by atoms with E-state index in [1.165, 1.54) is 11.1 Å². The maximum Gasteiger partial charge on any atom is 0.256 e. The van der Waals surface area contributed by atoms with Crippen LogP contribution in [-0.4, -0.2) is 24.4 Å². The average Bonchev–Trinajstić information content (AvgIpc) is 3.22. The van der Waals surface area contributed by atoms with Crippen LogP contribution in [0.1, 0.15) is 123 Å². The fraction of sp³-hybridized carbons (Fsp3) is 0.371. The van der Waals surface area contributed by atoms with Crippen LogP contribution in [0.2, 0.25) is 0 Å². The van der Waals surface area contributed by atoms with Gasteiger partial charge in [-0.05, 0) is 87.9 Å². The molecule has 1 amide bonds. The summed E-state index contributed by atoms with van der Waals surface area (Å²) in [7, 11) is 1.73. The van der Waals surface area contributed by atoms with Gasteiger partial charge < -0.3 is 15.2 Å². The molecule has 5 heteroatoms. The second kappa shape index (κ2) is 13.0. The highest BCUT2D eigenvalue weighted by Gasteiger charge is 2.24.